The van der Waals surface area contributed by atoms with Crippen molar-refractivity contribution in [3.63, 3.8) is 0 Å². The first kappa shape index (κ1) is 25.3. The van der Waals surface area contributed by atoms with Crippen LogP contribution in [0.1, 0.15) is 99.5 Å². The van der Waals surface area contributed by atoms with E-state index in [-0.39, 0.29) is 34.2 Å². The summed E-state index contributed by atoms with van der Waals surface area (Å²) in [4.78, 5) is 22.6. The molecule has 0 aromatic heterocycles. The molecule has 1 aromatic rings. The van der Waals surface area contributed by atoms with Crippen molar-refractivity contribution in [2.24, 2.45) is 0 Å². The van der Waals surface area contributed by atoms with Crippen LogP contribution in [-0.2, 0) is 16.0 Å². The molecule has 0 aliphatic carbocycles. The number of unbranched alkanes of at least 4 members (excludes halogenated alkanes) is 8. The molecule has 0 saturated heterocycles. The van der Waals surface area contributed by atoms with Crippen molar-refractivity contribution < 1.29 is 24.5 Å². The van der Waals surface area contributed by atoms with E-state index in [1.807, 2.05) is 13.8 Å². The van der Waals surface area contributed by atoms with Gasteiger partial charge in [0.15, 0.2) is 6.29 Å². The Morgan fingerprint density at radius 2 is 1.48 bits per heavy atom. The third-order valence-electron chi connectivity index (χ3n) is 5.06. The molecule has 0 saturated carbocycles. The van der Waals surface area contributed by atoms with Gasteiger partial charge < -0.3 is 14.9 Å². The molecule has 0 atom stereocenters. The molecule has 0 radical (unpaired) electrons. The van der Waals surface area contributed by atoms with Gasteiger partial charge in [0.25, 0.3) is 0 Å². The smallest absolute Gasteiger partial charge is 0.306 e. The van der Waals surface area contributed by atoms with E-state index in [2.05, 4.69) is 0 Å². The third-order valence-corrected chi connectivity index (χ3v) is 5.52. The van der Waals surface area contributed by atoms with Gasteiger partial charge in [0.05, 0.1) is 16.7 Å². The van der Waals surface area contributed by atoms with Crippen LogP contribution in [0.3, 0.4) is 0 Å². The van der Waals surface area contributed by atoms with E-state index in [1.165, 1.54) is 6.42 Å². The maximum absolute atomic E-state index is 11.4. The van der Waals surface area contributed by atoms with Crippen molar-refractivity contribution >= 4 is 23.9 Å². The highest BCUT2D eigenvalue weighted by Crippen LogP contribution is 2.40. The number of carbonyl (C=O) groups excluding carboxylic acids is 2. The topological polar surface area (TPSA) is 83.8 Å². The molecule has 0 unspecified atom stereocenters. The first-order valence-electron chi connectivity index (χ1n) is 10.7. The number of esters is 1. The molecule has 5 nitrogen and oxygen atoms in total. The highest BCUT2D eigenvalue weighted by Gasteiger charge is 2.19. The van der Waals surface area contributed by atoms with E-state index in [9.17, 15) is 19.8 Å². The molecule has 0 amide bonds. The van der Waals surface area contributed by atoms with Gasteiger partial charge in [0, 0.05) is 12.0 Å². The second-order valence-electron chi connectivity index (χ2n) is 7.87. The van der Waals surface area contributed by atoms with Crippen LogP contribution in [0, 0.1) is 6.92 Å². The number of halogens is 1. The van der Waals surface area contributed by atoms with E-state index < -0.39 is 0 Å². The Bertz CT molecular complexity index is 670. The molecular weight excluding hydrogens is 392 g/mol. The number of ether oxygens (including phenoxy) is 1. The van der Waals surface area contributed by atoms with Gasteiger partial charge in [-0.05, 0) is 45.6 Å². The van der Waals surface area contributed by atoms with Gasteiger partial charge in [0.2, 0.25) is 0 Å². The predicted molar refractivity (Wildman–Crippen MR) is 116 cm³/mol. The van der Waals surface area contributed by atoms with Gasteiger partial charge in [0.1, 0.15) is 11.5 Å². The number of carbonyl (C=O) groups is 2. The summed E-state index contributed by atoms with van der Waals surface area (Å²) in [7, 11) is 0. The molecule has 0 bridgehead atoms. The van der Waals surface area contributed by atoms with E-state index in [0.29, 0.717) is 30.3 Å². The summed E-state index contributed by atoms with van der Waals surface area (Å²) in [5.74, 6) is -0.381. The number of hydrogen-bond donors (Lipinski definition) is 2. The van der Waals surface area contributed by atoms with Crippen LogP contribution in [0.4, 0.5) is 0 Å². The van der Waals surface area contributed by atoms with Crippen LogP contribution in [0.5, 0.6) is 11.5 Å². The van der Waals surface area contributed by atoms with Crippen molar-refractivity contribution in [3.05, 3.63) is 21.7 Å². The lowest BCUT2D eigenvalue weighted by molar-refractivity contribution is -0.147. The molecule has 0 aliphatic rings. The minimum atomic E-state index is -0.156. The largest absolute Gasteiger partial charge is 0.507 e. The molecule has 0 spiro atoms. The molecule has 164 valence electrons. The summed E-state index contributed by atoms with van der Waals surface area (Å²) in [5.41, 5.74) is 0.913. The summed E-state index contributed by atoms with van der Waals surface area (Å²) in [6, 6.07) is 0. The summed E-state index contributed by atoms with van der Waals surface area (Å²) in [5, 5.41) is 20.5. The van der Waals surface area contributed by atoms with Crippen molar-refractivity contribution in [2.45, 2.75) is 97.5 Å². The van der Waals surface area contributed by atoms with Crippen molar-refractivity contribution in [1.29, 1.82) is 0 Å². The Balaban J connectivity index is 2.16. The maximum atomic E-state index is 11.4. The Morgan fingerprint density at radius 1 is 0.966 bits per heavy atom. The molecule has 0 fully saturated rings. The number of rotatable bonds is 14. The average Bonchev–Trinajstić information content (AvgIpc) is 2.66. The van der Waals surface area contributed by atoms with Crippen molar-refractivity contribution in [1.82, 2.24) is 0 Å². The van der Waals surface area contributed by atoms with E-state index in [1.54, 1.807) is 6.92 Å². The molecule has 1 rings (SSSR count). The number of phenolic OH excluding ortho intramolecular Hbond substituents is 2. The number of benzene rings is 1. The predicted octanol–water partition coefficient (Wildman–Crippen LogP) is 6.27. The van der Waals surface area contributed by atoms with Gasteiger partial charge in [-0.1, -0.05) is 56.5 Å². The van der Waals surface area contributed by atoms with Gasteiger partial charge in [-0.2, -0.15) is 0 Å². The molecular formula is C23H35ClO5. The standard InChI is InChI=1S/C23H35ClO5/c1-16(2)29-20(26)14-12-10-8-6-4-5-7-9-11-13-18-22(27)19(15-25)17(3)21(24)23(18)28/h15-16,27-28H,4-14H2,1-3H3. The monoisotopic (exact) mass is 426 g/mol. The summed E-state index contributed by atoms with van der Waals surface area (Å²) in [6.45, 7) is 5.33. The van der Waals surface area contributed by atoms with Crippen LogP contribution in [0.15, 0.2) is 0 Å². The fourth-order valence-electron chi connectivity index (χ4n) is 3.39. The number of aldehydes is 1. The number of phenols is 2. The molecule has 0 heterocycles. The fourth-order valence-corrected chi connectivity index (χ4v) is 3.61. The summed E-state index contributed by atoms with van der Waals surface area (Å²) >= 11 is 6.07. The third kappa shape index (κ3) is 8.65. The summed E-state index contributed by atoms with van der Waals surface area (Å²) in [6.07, 6.45) is 11.0. The lowest BCUT2D eigenvalue weighted by Gasteiger charge is -2.13. The Hall–Kier alpha value is -1.75. The zero-order valence-corrected chi connectivity index (χ0v) is 18.7. The van der Waals surface area contributed by atoms with Crippen LogP contribution in [0.25, 0.3) is 0 Å². The highest BCUT2D eigenvalue weighted by atomic mass is 35.5. The quantitative estimate of drug-likeness (QED) is 0.208. The first-order valence-corrected chi connectivity index (χ1v) is 11.0. The molecule has 6 heteroatoms. The maximum Gasteiger partial charge on any atom is 0.306 e. The molecule has 1 aromatic carbocycles. The first-order chi connectivity index (χ1) is 13.8. The number of hydrogen-bond acceptors (Lipinski definition) is 5. The van der Waals surface area contributed by atoms with Crippen molar-refractivity contribution in [3.8, 4) is 11.5 Å². The Labute approximate surface area is 179 Å². The van der Waals surface area contributed by atoms with Crippen LogP contribution in [-0.4, -0.2) is 28.6 Å². The van der Waals surface area contributed by atoms with Crippen LogP contribution in [0.2, 0.25) is 5.02 Å². The minimum Gasteiger partial charge on any atom is -0.507 e. The fraction of sp³-hybridized carbons (Fsp3) is 0.652. The van der Waals surface area contributed by atoms with Crippen molar-refractivity contribution in [2.75, 3.05) is 0 Å². The lowest BCUT2D eigenvalue weighted by atomic mass is 9.97. The summed E-state index contributed by atoms with van der Waals surface area (Å²) < 4.78 is 5.11. The van der Waals surface area contributed by atoms with Gasteiger partial charge in [-0.25, -0.2) is 0 Å². The Kier molecular flexibility index (Phi) is 11.7. The van der Waals surface area contributed by atoms with E-state index in [4.69, 9.17) is 16.3 Å². The minimum absolute atomic E-state index is 0.0366. The van der Waals surface area contributed by atoms with E-state index in [0.717, 1.165) is 51.4 Å². The zero-order valence-electron chi connectivity index (χ0n) is 17.9. The average molecular weight is 427 g/mol. The normalized spacial score (nSPS) is 11.1. The lowest BCUT2D eigenvalue weighted by Crippen LogP contribution is -2.10. The Morgan fingerprint density at radius 3 is 2.00 bits per heavy atom. The SMILES string of the molecule is Cc1c(Cl)c(O)c(CCCCCCCCCCCC(=O)OC(C)C)c(O)c1C=O. The van der Waals surface area contributed by atoms with E-state index >= 15 is 0 Å². The number of aromatic hydroxyl groups is 2. The highest BCUT2D eigenvalue weighted by molar-refractivity contribution is 6.33. The molecule has 0 aliphatic heterocycles. The second kappa shape index (κ2) is 13.5. The van der Waals surface area contributed by atoms with Gasteiger partial charge in [-0.3, -0.25) is 9.59 Å². The second-order valence-corrected chi connectivity index (χ2v) is 8.24. The van der Waals surface area contributed by atoms with Gasteiger partial charge in [-0.15, -0.1) is 0 Å². The molecule has 2 N–H and O–H groups in total. The zero-order chi connectivity index (χ0) is 21.8. The molecule has 29 heavy (non-hydrogen) atoms. The van der Waals surface area contributed by atoms with Gasteiger partial charge >= 0.3 is 5.97 Å². The van der Waals surface area contributed by atoms with Crippen LogP contribution < -0.4 is 0 Å². The van der Waals surface area contributed by atoms with Crippen LogP contribution >= 0.6 is 11.6 Å².